The van der Waals surface area contributed by atoms with Crippen molar-refractivity contribution in [2.75, 3.05) is 6.54 Å². The van der Waals surface area contributed by atoms with Gasteiger partial charge in [0.1, 0.15) is 5.69 Å². The number of fused-ring (bicyclic) bond motifs is 1. The lowest BCUT2D eigenvalue weighted by molar-refractivity contribution is -0.148. The first-order chi connectivity index (χ1) is 10.4. The fourth-order valence-corrected chi connectivity index (χ4v) is 2.43. The summed E-state index contributed by atoms with van der Waals surface area (Å²) in [7, 11) is 0. The van der Waals surface area contributed by atoms with Crippen molar-refractivity contribution >= 4 is 5.91 Å². The summed E-state index contributed by atoms with van der Waals surface area (Å²) in [5.74, 6) is -1.33. The van der Waals surface area contributed by atoms with Gasteiger partial charge in [0.15, 0.2) is 5.82 Å². The molecule has 22 heavy (non-hydrogen) atoms. The summed E-state index contributed by atoms with van der Waals surface area (Å²) in [5.41, 5.74) is 0.137. The van der Waals surface area contributed by atoms with Gasteiger partial charge >= 0.3 is 6.18 Å². The lowest BCUT2D eigenvalue weighted by Gasteiger charge is -2.33. The summed E-state index contributed by atoms with van der Waals surface area (Å²) < 4.78 is 39.5. The topological polar surface area (TPSA) is 76.8 Å². The highest BCUT2D eigenvalue weighted by molar-refractivity contribution is 5.92. The molecule has 1 amide bonds. The van der Waals surface area contributed by atoms with Crippen molar-refractivity contribution in [3.63, 3.8) is 0 Å². The number of amides is 1. The van der Waals surface area contributed by atoms with E-state index < -0.39 is 23.9 Å². The molecule has 0 bridgehead atoms. The lowest BCUT2D eigenvalue weighted by atomic mass is 10.2. The molecule has 2 aromatic heterocycles. The Morgan fingerprint density at radius 3 is 2.68 bits per heavy atom. The van der Waals surface area contributed by atoms with E-state index in [0.717, 1.165) is 4.57 Å². The normalized spacial score (nSPS) is 18.2. The molecule has 1 atom stereocenters. The van der Waals surface area contributed by atoms with Crippen LogP contribution in [0.5, 0.6) is 0 Å². The van der Waals surface area contributed by atoms with Gasteiger partial charge in [-0.25, -0.2) is 4.98 Å². The Morgan fingerprint density at radius 2 is 2.05 bits per heavy atom. The molecule has 2 aromatic rings. The van der Waals surface area contributed by atoms with E-state index in [2.05, 4.69) is 20.2 Å². The third-order valence-electron chi connectivity index (χ3n) is 3.48. The Balaban J connectivity index is 1.91. The molecule has 0 fully saturated rings. The van der Waals surface area contributed by atoms with Gasteiger partial charge in [-0.2, -0.15) is 13.2 Å². The van der Waals surface area contributed by atoms with Crippen LogP contribution in [0.1, 0.15) is 35.1 Å². The molecule has 0 saturated heterocycles. The summed E-state index contributed by atoms with van der Waals surface area (Å²) in [4.78, 5) is 21.5. The SMILES string of the molecule is CC1c2nnc(C(F)(F)F)n2CCN1C(=O)c1cnccn1. The van der Waals surface area contributed by atoms with E-state index in [1.54, 1.807) is 6.92 Å². The van der Waals surface area contributed by atoms with E-state index in [0.29, 0.717) is 0 Å². The quantitative estimate of drug-likeness (QED) is 0.793. The Morgan fingerprint density at radius 1 is 1.27 bits per heavy atom. The zero-order chi connectivity index (χ0) is 15.9. The highest BCUT2D eigenvalue weighted by Crippen LogP contribution is 2.32. The van der Waals surface area contributed by atoms with E-state index in [1.165, 1.54) is 23.5 Å². The number of carbonyl (C=O) groups is 1. The highest BCUT2D eigenvalue weighted by atomic mass is 19.4. The van der Waals surface area contributed by atoms with Gasteiger partial charge in [0.2, 0.25) is 5.82 Å². The Bertz CT molecular complexity index is 699. The van der Waals surface area contributed by atoms with Gasteiger partial charge in [-0.1, -0.05) is 0 Å². The van der Waals surface area contributed by atoms with E-state index in [1.807, 2.05) is 0 Å². The van der Waals surface area contributed by atoms with Gasteiger partial charge in [-0.3, -0.25) is 9.78 Å². The second kappa shape index (κ2) is 5.04. The van der Waals surface area contributed by atoms with Crippen molar-refractivity contribution in [3.8, 4) is 0 Å². The van der Waals surface area contributed by atoms with E-state index in [-0.39, 0.29) is 24.6 Å². The number of hydrogen-bond acceptors (Lipinski definition) is 5. The fourth-order valence-electron chi connectivity index (χ4n) is 2.43. The molecule has 3 heterocycles. The van der Waals surface area contributed by atoms with Crippen LogP contribution in [-0.4, -0.2) is 42.1 Å². The van der Waals surface area contributed by atoms with Crippen LogP contribution in [-0.2, 0) is 12.7 Å². The molecule has 3 rings (SSSR count). The van der Waals surface area contributed by atoms with Gasteiger partial charge in [0.05, 0.1) is 12.2 Å². The molecule has 0 radical (unpaired) electrons. The highest BCUT2D eigenvalue weighted by Gasteiger charge is 2.41. The van der Waals surface area contributed by atoms with Gasteiger partial charge in [-0.05, 0) is 6.92 Å². The van der Waals surface area contributed by atoms with E-state index in [4.69, 9.17) is 0 Å². The maximum absolute atomic E-state index is 12.8. The molecule has 0 saturated carbocycles. The summed E-state index contributed by atoms with van der Waals surface area (Å²) >= 11 is 0. The van der Waals surface area contributed by atoms with E-state index in [9.17, 15) is 18.0 Å². The number of hydrogen-bond donors (Lipinski definition) is 0. The van der Waals surface area contributed by atoms with Gasteiger partial charge in [-0.15, -0.1) is 10.2 Å². The lowest BCUT2D eigenvalue weighted by Crippen LogP contribution is -2.42. The first kappa shape index (κ1) is 14.4. The number of rotatable bonds is 1. The molecule has 1 aliphatic rings. The molecule has 0 spiro atoms. The second-order valence-corrected chi connectivity index (χ2v) is 4.80. The van der Waals surface area contributed by atoms with Crippen LogP contribution in [0.25, 0.3) is 0 Å². The predicted molar refractivity (Wildman–Crippen MR) is 66.5 cm³/mol. The number of nitrogens with zero attached hydrogens (tertiary/aromatic N) is 6. The van der Waals surface area contributed by atoms with Crippen molar-refractivity contribution in [1.29, 1.82) is 0 Å². The van der Waals surface area contributed by atoms with Crippen LogP contribution in [0, 0.1) is 0 Å². The van der Waals surface area contributed by atoms with Crippen LogP contribution in [0.4, 0.5) is 13.2 Å². The number of halogens is 3. The number of carbonyl (C=O) groups excluding carboxylic acids is 1. The smallest absolute Gasteiger partial charge is 0.325 e. The van der Waals surface area contributed by atoms with Crippen LogP contribution in [0.2, 0.25) is 0 Å². The van der Waals surface area contributed by atoms with Gasteiger partial charge in [0.25, 0.3) is 5.91 Å². The standard InChI is InChI=1S/C12H11F3N6O/c1-7-9-18-19-11(12(13,14)15)21(9)5-4-20(7)10(22)8-6-16-2-3-17-8/h2-3,6-7H,4-5H2,1H3. The maximum Gasteiger partial charge on any atom is 0.451 e. The molecule has 10 heteroatoms. The molecular formula is C12H11F3N6O. The van der Waals surface area contributed by atoms with Gasteiger partial charge in [0, 0.05) is 25.5 Å². The zero-order valence-corrected chi connectivity index (χ0v) is 11.4. The average molecular weight is 312 g/mol. The minimum Gasteiger partial charge on any atom is -0.325 e. The van der Waals surface area contributed by atoms with Crippen LogP contribution in [0.3, 0.4) is 0 Å². The van der Waals surface area contributed by atoms with Crippen molar-refractivity contribution in [2.45, 2.75) is 25.7 Å². The monoisotopic (exact) mass is 312 g/mol. The third-order valence-corrected chi connectivity index (χ3v) is 3.48. The number of aromatic nitrogens is 5. The number of alkyl halides is 3. The van der Waals surface area contributed by atoms with E-state index >= 15 is 0 Å². The Labute approximate surface area is 122 Å². The Kier molecular flexibility index (Phi) is 3.30. The van der Waals surface area contributed by atoms with Crippen LogP contribution in [0.15, 0.2) is 18.6 Å². The van der Waals surface area contributed by atoms with Crippen molar-refractivity contribution in [1.82, 2.24) is 29.6 Å². The molecule has 0 aromatic carbocycles. The zero-order valence-electron chi connectivity index (χ0n) is 11.4. The second-order valence-electron chi connectivity index (χ2n) is 4.80. The molecule has 116 valence electrons. The van der Waals surface area contributed by atoms with Crippen LogP contribution < -0.4 is 0 Å². The van der Waals surface area contributed by atoms with Gasteiger partial charge < -0.3 is 9.47 Å². The van der Waals surface area contributed by atoms with Crippen LogP contribution >= 0.6 is 0 Å². The molecule has 1 unspecified atom stereocenters. The summed E-state index contributed by atoms with van der Waals surface area (Å²) in [6.07, 6.45) is -0.438. The minimum atomic E-state index is -4.57. The predicted octanol–water partition coefficient (Wildman–Crippen LogP) is 1.30. The van der Waals surface area contributed by atoms with Crippen molar-refractivity contribution < 1.29 is 18.0 Å². The minimum absolute atomic E-state index is 0.0203. The molecule has 0 N–H and O–H groups in total. The first-order valence-corrected chi connectivity index (χ1v) is 6.47. The molecule has 0 aliphatic carbocycles. The van der Waals surface area contributed by atoms with Crippen molar-refractivity contribution in [3.05, 3.63) is 35.9 Å². The average Bonchev–Trinajstić information content (AvgIpc) is 2.93. The third kappa shape index (κ3) is 2.30. The maximum atomic E-state index is 12.8. The Hall–Kier alpha value is -2.52. The molecule has 1 aliphatic heterocycles. The summed E-state index contributed by atoms with van der Waals surface area (Å²) in [6.45, 7) is 1.70. The fraction of sp³-hybridized carbons (Fsp3) is 0.417. The summed E-state index contributed by atoms with van der Waals surface area (Å²) in [5, 5.41) is 6.80. The first-order valence-electron chi connectivity index (χ1n) is 6.47. The summed E-state index contributed by atoms with van der Waals surface area (Å²) in [6, 6.07) is -0.633. The largest absolute Gasteiger partial charge is 0.451 e. The van der Waals surface area contributed by atoms with Crippen molar-refractivity contribution in [2.24, 2.45) is 0 Å². The molecular weight excluding hydrogens is 301 g/mol. The molecule has 7 nitrogen and oxygen atoms in total.